The Morgan fingerprint density at radius 2 is 2.00 bits per heavy atom. The van der Waals surface area contributed by atoms with E-state index in [0.717, 1.165) is 5.75 Å². The minimum Gasteiger partial charge on any atom is -0.494 e. The summed E-state index contributed by atoms with van der Waals surface area (Å²) in [4.78, 5) is 23.7. The van der Waals surface area contributed by atoms with Crippen molar-refractivity contribution in [2.75, 3.05) is 19.7 Å². The molecule has 0 unspecified atom stereocenters. The largest absolute Gasteiger partial charge is 0.494 e. The molecule has 90 valence electrons. The van der Waals surface area contributed by atoms with Gasteiger partial charge in [0.1, 0.15) is 5.75 Å². The van der Waals surface area contributed by atoms with Crippen LogP contribution in [0.3, 0.4) is 0 Å². The predicted octanol–water partition coefficient (Wildman–Crippen LogP) is 1.01. The second kappa shape index (κ2) is 5.34. The number of nitrogens with one attached hydrogen (secondary N) is 1. The fraction of sp³-hybridized carbons (Fsp3) is 0.333. The molecule has 5 nitrogen and oxygen atoms in total. The van der Waals surface area contributed by atoms with Crippen LogP contribution >= 0.6 is 0 Å². The van der Waals surface area contributed by atoms with Crippen molar-refractivity contribution in [2.24, 2.45) is 0 Å². The summed E-state index contributed by atoms with van der Waals surface area (Å²) < 4.78 is 5.47. The molecule has 0 radical (unpaired) electrons. The lowest BCUT2D eigenvalue weighted by molar-refractivity contribution is -0.125. The Morgan fingerprint density at radius 1 is 1.24 bits per heavy atom. The number of carbonyl (C=O) groups excluding carboxylic acids is 2. The molecule has 1 aromatic carbocycles. The summed E-state index contributed by atoms with van der Waals surface area (Å²) in [5.74, 6) is 0.624. The quantitative estimate of drug-likeness (QED) is 0.611. The molecular weight excluding hydrogens is 220 g/mol. The first kappa shape index (κ1) is 11.4. The highest BCUT2D eigenvalue weighted by Crippen LogP contribution is 2.08. The third kappa shape index (κ3) is 2.96. The van der Waals surface area contributed by atoms with Crippen LogP contribution in [-0.2, 0) is 4.79 Å². The van der Waals surface area contributed by atoms with E-state index in [9.17, 15) is 9.59 Å². The predicted molar refractivity (Wildman–Crippen MR) is 61.7 cm³/mol. The van der Waals surface area contributed by atoms with Crippen molar-refractivity contribution in [3.63, 3.8) is 0 Å². The Bertz CT molecular complexity index is 389. The van der Waals surface area contributed by atoms with E-state index in [0.29, 0.717) is 19.6 Å². The molecule has 1 aliphatic heterocycles. The Labute approximate surface area is 99.4 Å². The van der Waals surface area contributed by atoms with E-state index in [2.05, 4.69) is 5.32 Å². The summed E-state index contributed by atoms with van der Waals surface area (Å²) in [7, 11) is 0. The normalized spacial score (nSPS) is 14.9. The van der Waals surface area contributed by atoms with Crippen LogP contribution in [0.1, 0.15) is 6.42 Å². The van der Waals surface area contributed by atoms with Gasteiger partial charge >= 0.3 is 6.03 Å². The number of nitrogens with zero attached hydrogens (tertiary/aromatic N) is 1. The van der Waals surface area contributed by atoms with Crippen molar-refractivity contribution in [3.8, 4) is 5.75 Å². The molecule has 5 heteroatoms. The zero-order chi connectivity index (χ0) is 12.1. The monoisotopic (exact) mass is 234 g/mol. The number of hydrogen-bond acceptors (Lipinski definition) is 3. The van der Waals surface area contributed by atoms with Gasteiger partial charge in [0.2, 0.25) is 5.91 Å². The van der Waals surface area contributed by atoms with Crippen molar-refractivity contribution >= 4 is 11.9 Å². The van der Waals surface area contributed by atoms with Crippen LogP contribution in [-0.4, -0.2) is 36.5 Å². The molecule has 0 saturated carbocycles. The van der Waals surface area contributed by atoms with E-state index in [1.165, 1.54) is 4.90 Å². The fourth-order valence-corrected chi connectivity index (χ4v) is 1.61. The Hall–Kier alpha value is -2.04. The number of rotatable bonds is 5. The standard InChI is InChI=1S/C12H14N2O3/c15-11-9-13-12(16)14(11)7-4-8-17-10-5-2-1-3-6-10/h1-3,5-6H,4,7-9H2,(H,13,16). The maximum Gasteiger partial charge on any atom is 0.324 e. The molecule has 0 aromatic heterocycles. The number of carbonyl (C=O) groups is 2. The van der Waals surface area contributed by atoms with Crippen LogP contribution in [0.25, 0.3) is 0 Å². The lowest BCUT2D eigenvalue weighted by atomic mass is 10.3. The average Bonchev–Trinajstić information content (AvgIpc) is 2.67. The topological polar surface area (TPSA) is 58.6 Å². The summed E-state index contributed by atoms with van der Waals surface area (Å²) in [5.41, 5.74) is 0. The smallest absolute Gasteiger partial charge is 0.324 e. The number of ether oxygens (including phenoxy) is 1. The van der Waals surface area contributed by atoms with Crippen LogP contribution in [0.2, 0.25) is 0 Å². The second-order valence-electron chi connectivity index (χ2n) is 3.72. The van der Waals surface area contributed by atoms with E-state index in [1.54, 1.807) is 0 Å². The molecule has 0 atom stereocenters. The summed E-state index contributed by atoms with van der Waals surface area (Å²) >= 11 is 0. The fourth-order valence-electron chi connectivity index (χ4n) is 1.61. The first-order valence-electron chi connectivity index (χ1n) is 5.53. The van der Waals surface area contributed by atoms with E-state index in [4.69, 9.17) is 4.74 Å². The molecule has 1 aromatic rings. The highest BCUT2D eigenvalue weighted by Gasteiger charge is 2.27. The van der Waals surface area contributed by atoms with Gasteiger partial charge in [0.25, 0.3) is 0 Å². The maximum absolute atomic E-state index is 11.3. The molecule has 17 heavy (non-hydrogen) atoms. The van der Waals surface area contributed by atoms with Gasteiger partial charge in [0.05, 0.1) is 13.2 Å². The van der Waals surface area contributed by atoms with E-state index < -0.39 is 0 Å². The average molecular weight is 234 g/mol. The van der Waals surface area contributed by atoms with Crippen molar-refractivity contribution in [1.29, 1.82) is 0 Å². The lowest BCUT2D eigenvalue weighted by Crippen LogP contribution is -2.32. The summed E-state index contributed by atoms with van der Waals surface area (Å²) in [5, 5.41) is 2.47. The molecule has 1 heterocycles. The van der Waals surface area contributed by atoms with Gasteiger partial charge in [-0.25, -0.2) is 4.79 Å². The molecule has 0 aliphatic carbocycles. The minimum atomic E-state index is -0.310. The zero-order valence-electron chi connectivity index (χ0n) is 9.39. The molecule has 1 fully saturated rings. The number of amides is 3. The molecule has 0 bridgehead atoms. The number of benzene rings is 1. The number of hydrogen-bond donors (Lipinski definition) is 1. The SMILES string of the molecule is O=C1CNC(=O)N1CCCOc1ccccc1. The van der Waals surface area contributed by atoms with E-state index in [1.807, 2.05) is 30.3 Å². The summed E-state index contributed by atoms with van der Waals surface area (Å²) in [6.45, 7) is 0.997. The highest BCUT2D eigenvalue weighted by molar-refractivity contribution is 6.01. The van der Waals surface area contributed by atoms with Gasteiger partial charge in [-0.3, -0.25) is 9.69 Å². The van der Waals surface area contributed by atoms with Gasteiger partial charge in [-0.15, -0.1) is 0 Å². The Kier molecular flexibility index (Phi) is 3.59. The van der Waals surface area contributed by atoms with Gasteiger partial charge in [0, 0.05) is 6.54 Å². The van der Waals surface area contributed by atoms with Gasteiger partial charge in [0.15, 0.2) is 0 Å². The van der Waals surface area contributed by atoms with Crippen LogP contribution < -0.4 is 10.1 Å². The van der Waals surface area contributed by atoms with Crippen molar-refractivity contribution < 1.29 is 14.3 Å². The van der Waals surface area contributed by atoms with E-state index in [-0.39, 0.29) is 18.5 Å². The third-order valence-electron chi connectivity index (χ3n) is 2.48. The number of para-hydroxylation sites is 1. The van der Waals surface area contributed by atoms with Crippen molar-refractivity contribution in [3.05, 3.63) is 30.3 Å². The third-order valence-corrected chi connectivity index (χ3v) is 2.48. The number of urea groups is 1. The van der Waals surface area contributed by atoms with Crippen LogP contribution in [0.4, 0.5) is 4.79 Å². The molecular formula is C12H14N2O3. The van der Waals surface area contributed by atoms with Crippen molar-refractivity contribution in [2.45, 2.75) is 6.42 Å². The van der Waals surface area contributed by atoms with Crippen molar-refractivity contribution in [1.82, 2.24) is 10.2 Å². The van der Waals surface area contributed by atoms with Crippen LogP contribution in [0.15, 0.2) is 30.3 Å². The molecule has 1 N–H and O–H groups in total. The Balaban J connectivity index is 1.70. The van der Waals surface area contributed by atoms with Crippen LogP contribution in [0.5, 0.6) is 5.75 Å². The molecule has 1 aliphatic rings. The summed E-state index contributed by atoms with van der Waals surface area (Å²) in [6.07, 6.45) is 0.633. The number of imide groups is 1. The lowest BCUT2D eigenvalue weighted by Gasteiger charge is -2.12. The van der Waals surface area contributed by atoms with Gasteiger partial charge < -0.3 is 10.1 Å². The maximum atomic E-state index is 11.3. The zero-order valence-corrected chi connectivity index (χ0v) is 9.39. The van der Waals surface area contributed by atoms with Crippen LogP contribution in [0, 0.1) is 0 Å². The summed E-state index contributed by atoms with van der Waals surface area (Å²) in [6, 6.07) is 9.14. The Morgan fingerprint density at radius 3 is 2.65 bits per heavy atom. The molecule has 2 rings (SSSR count). The van der Waals surface area contributed by atoms with Gasteiger partial charge in [-0.2, -0.15) is 0 Å². The molecule has 1 saturated heterocycles. The van der Waals surface area contributed by atoms with Gasteiger partial charge in [-0.1, -0.05) is 18.2 Å². The first-order valence-corrected chi connectivity index (χ1v) is 5.53. The van der Waals surface area contributed by atoms with E-state index >= 15 is 0 Å². The molecule has 3 amide bonds. The second-order valence-corrected chi connectivity index (χ2v) is 3.72. The first-order chi connectivity index (χ1) is 8.27. The van der Waals surface area contributed by atoms with Gasteiger partial charge in [-0.05, 0) is 18.6 Å². The minimum absolute atomic E-state index is 0.109. The molecule has 0 spiro atoms. The highest BCUT2D eigenvalue weighted by atomic mass is 16.5.